The van der Waals surface area contributed by atoms with E-state index in [4.69, 9.17) is 0 Å². The van der Waals surface area contributed by atoms with Crippen LogP contribution in [0.5, 0.6) is 0 Å². The molecule has 0 heterocycles. The van der Waals surface area contributed by atoms with Gasteiger partial charge in [-0.3, -0.25) is 0 Å². The Balaban J connectivity index is 1.82. The fraction of sp³-hybridized carbons (Fsp3) is 0.200. The zero-order valence-corrected chi connectivity index (χ0v) is 12.1. The Kier molecular flexibility index (Phi) is 5.28. The zero-order valence-electron chi connectivity index (χ0n) is 10.5. The van der Waals surface area contributed by atoms with Gasteiger partial charge in [-0.2, -0.15) is 0 Å². The molecule has 0 bridgehead atoms. The molecule has 2 aromatic carbocycles. The largest absolute Gasteiger partial charge is 0.207 e. The van der Waals surface area contributed by atoms with Crippen LogP contribution in [0.1, 0.15) is 6.92 Å². The molecule has 0 saturated carbocycles. The second-order valence-corrected chi connectivity index (χ2v) is 6.75. The Morgan fingerprint density at radius 1 is 0.842 bits per heavy atom. The fourth-order valence-corrected chi connectivity index (χ4v) is 3.51. The SMILES string of the molecule is CC(CSc1ccc(F)cc1)Sc1ccc(F)cc1. The third-order valence-corrected chi connectivity index (χ3v) is 5.05. The van der Waals surface area contributed by atoms with Crippen molar-refractivity contribution >= 4 is 23.5 Å². The molecule has 0 aromatic heterocycles. The molecule has 0 N–H and O–H groups in total. The van der Waals surface area contributed by atoms with E-state index in [1.807, 2.05) is 0 Å². The molecule has 0 spiro atoms. The van der Waals surface area contributed by atoms with Gasteiger partial charge in [0.25, 0.3) is 0 Å². The van der Waals surface area contributed by atoms with Crippen LogP contribution < -0.4 is 0 Å². The summed E-state index contributed by atoms with van der Waals surface area (Å²) in [5.74, 6) is 0.504. The Morgan fingerprint density at radius 2 is 1.32 bits per heavy atom. The van der Waals surface area contributed by atoms with Gasteiger partial charge in [-0.1, -0.05) is 6.92 Å². The first-order chi connectivity index (χ1) is 9.13. The van der Waals surface area contributed by atoms with E-state index in [1.165, 1.54) is 24.3 Å². The van der Waals surface area contributed by atoms with Crippen LogP contribution in [0.3, 0.4) is 0 Å². The van der Waals surface area contributed by atoms with E-state index in [0.717, 1.165) is 15.5 Å². The summed E-state index contributed by atoms with van der Waals surface area (Å²) in [6, 6.07) is 13.0. The monoisotopic (exact) mass is 296 g/mol. The Labute approximate surface area is 120 Å². The van der Waals surface area contributed by atoms with Crippen molar-refractivity contribution in [3.05, 3.63) is 60.2 Å². The predicted molar refractivity (Wildman–Crippen MR) is 78.8 cm³/mol. The first-order valence-electron chi connectivity index (χ1n) is 5.94. The molecule has 100 valence electrons. The lowest BCUT2D eigenvalue weighted by Gasteiger charge is -2.10. The smallest absolute Gasteiger partial charge is 0.123 e. The highest BCUT2D eigenvalue weighted by Gasteiger charge is 2.06. The maximum atomic E-state index is 12.8. The minimum absolute atomic E-state index is 0.210. The number of rotatable bonds is 5. The number of halogens is 2. The minimum atomic E-state index is -0.210. The van der Waals surface area contributed by atoms with E-state index < -0.39 is 0 Å². The summed E-state index contributed by atoms with van der Waals surface area (Å²) in [6.45, 7) is 2.13. The molecule has 19 heavy (non-hydrogen) atoms. The molecule has 0 saturated heterocycles. The fourth-order valence-electron chi connectivity index (χ4n) is 1.52. The molecule has 0 radical (unpaired) electrons. The van der Waals surface area contributed by atoms with Crippen LogP contribution in [0.25, 0.3) is 0 Å². The van der Waals surface area contributed by atoms with E-state index >= 15 is 0 Å². The first kappa shape index (κ1) is 14.4. The van der Waals surface area contributed by atoms with Gasteiger partial charge in [-0.25, -0.2) is 8.78 Å². The summed E-state index contributed by atoms with van der Waals surface area (Å²) >= 11 is 3.41. The standard InChI is InChI=1S/C15H14F2S2/c1-11(19-15-8-4-13(17)5-9-15)10-18-14-6-2-12(16)3-7-14/h2-9,11H,10H2,1H3. The molecule has 4 heteroatoms. The van der Waals surface area contributed by atoms with E-state index in [9.17, 15) is 8.78 Å². The lowest BCUT2D eigenvalue weighted by atomic mass is 10.3. The van der Waals surface area contributed by atoms with Gasteiger partial charge in [0.1, 0.15) is 11.6 Å². The molecule has 1 atom stereocenters. The summed E-state index contributed by atoms with van der Waals surface area (Å²) in [7, 11) is 0. The average Bonchev–Trinajstić information content (AvgIpc) is 2.41. The summed E-state index contributed by atoms with van der Waals surface area (Å²) < 4.78 is 25.5. The average molecular weight is 296 g/mol. The summed E-state index contributed by atoms with van der Waals surface area (Å²) in [4.78, 5) is 2.13. The summed E-state index contributed by atoms with van der Waals surface area (Å²) in [6.07, 6.45) is 0. The summed E-state index contributed by atoms with van der Waals surface area (Å²) in [5, 5.41) is 0.403. The lowest BCUT2D eigenvalue weighted by Crippen LogP contribution is -1.99. The molecule has 0 aliphatic carbocycles. The van der Waals surface area contributed by atoms with E-state index in [2.05, 4.69) is 6.92 Å². The quantitative estimate of drug-likeness (QED) is 0.692. The molecule has 0 aliphatic rings. The third-order valence-electron chi connectivity index (χ3n) is 2.45. The highest BCUT2D eigenvalue weighted by atomic mass is 32.2. The number of thioether (sulfide) groups is 2. The van der Waals surface area contributed by atoms with Crippen molar-refractivity contribution in [3.63, 3.8) is 0 Å². The molecule has 0 nitrogen and oxygen atoms in total. The van der Waals surface area contributed by atoms with E-state index in [1.54, 1.807) is 47.8 Å². The van der Waals surface area contributed by atoms with Crippen molar-refractivity contribution < 1.29 is 8.78 Å². The number of benzene rings is 2. The van der Waals surface area contributed by atoms with Gasteiger partial charge in [0.15, 0.2) is 0 Å². The van der Waals surface area contributed by atoms with Gasteiger partial charge in [-0.05, 0) is 48.5 Å². The van der Waals surface area contributed by atoms with Crippen molar-refractivity contribution in [1.82, 2.24) is 0 Å². The van der Waals surface area contributed by atoms with Crippen molar-refractivity contribution in [2.45, 2.75) is 22.0 Å². The van der Waals surface area contributed by atoms with Gasteiger partial charge < -0.3 is 0 Å². The lowest BCUT2D eigenvalue weighted by molar-refractivity contribution is 0.626. The Morgan fingerprint density at radius 3 is 1.84 bits per heavy atom. The Bertz CT molecular complexity index is 509. The van der Waals surface area contributed by atoms with Crippen molar-refractivity contribution in [2.75, 3.05) is 5.75 Å². The molecule has 0 fully saturated rings. The van der Waals surface area contributed by atoms with Gasteiger partial charge >= 0.3 is 0 Å². The van der Waals surface area contributed by atoms with Crippen LogP contribution >= 0.6 is 23.5 Å². The Hall–Kier alpha value is -1.00. The number of hydrogen-bond acceptors (Lipinski definition) is 2. The maximum absolute atomic E-state index is 12.8. The van der Waals surface area contributed by atoms with E-state index in [0.29, 0.717) is 5.25 Å². The molecule has 0 amide bonds. The topological polar surface area (TPSA) is 0 Å². The van der Waals surface area contributed by atoms with E-state index in [-0.39, 0.29) is 11.6 Å². The number of hydrogen-bond donors (Lipinski definition) is 0. The highest BCUT2D eigenvalue weighted by molar-refractivity contribution is 8.03. The third kappa shape index (κ3) is 4.88. The first-order valence-corrected chi connectivity index (χ1v) is 7.80. The molecule has 0 aliphatic heterocycles. The highest BCUT2D eigenvalue weighted by Crippen LogP contribution is 2.28. The van der Waals surface area contributed by atoms with Crippen LogP contribution in [-0.4, -0.2) is 11.0 Å². The van der Waals surface area contributed by atoms with Crippen molar-refractivity contribution in [3.8, 4) is 0 Å². The maximum Gasteiger partial charge on any atom is 0.123 e. The van der Waals surface area contributed by atoms with Gasteiger partial charge in [0.05, 0.1) is 0 Å². The van der Waals surface area contributed by atoms with Crippen molar-refractivity contribution in [2.24, 2.45) is 0 Å². The zero-order chi connectivity index (χ0) is 13.7. The van der Waals surface area contributed by atoms with Crippen LogP contribution in [0.4, 0.5) is 8.78 Å². The van der Waals surface area contributed by atoms with Crippen LogP contribution in [0.15, 0.2) is 58.3 Å². The second kappa shape index (κ2) is 6.96. The molecule has 1 unspecified atom stereocenters. The van der Waals surface area contributed by atoms with Crippen LogP contribution in [-0.2, 0) is 0 Å². The van der Waals surface area contributed by atoms with Gasteiger partial charge in [0, 0.05) is 20.8 Å². The molecule has 2 aromatic rings. The molecule has 2 rings (SSSR count). The van der Waals surface area contributed by atoms with Gasteiger partial charge in [0.2, 0.25) is 0 Å². The normalized spacial score (nSPS) is 12.4. The van der Waals surface area contributed by atoms with Crippen LogP contribution in [0, 0.1) is 11.6 Å². The molecular weight excluding hydrogens is 282 g/mol. The van der Waals surface area contributed by atoms with Gasteiger partial charge in [-0.15, -0.1) is 23.5 Å². The van der Waals surface area contributed by atoms with Crippen molar-refractivity contribution in [1.29, 1.82) is 0 Å². The molecular formula is C15H14F2S2. The minimum Gasteiger partial charge on any atom is -0.207 e. The predicted octanol–water partition coefficient (Wildman–Crippen LogP) is 5.24. The summed E-state index contributed by atoms with van der Waals surface area (Å²) in [5.41, 5.74) is 0. The van der Waals surface area contributed by atoms with Crippen LogP contribution in [0.2, 0.25) is 0 Å². The second-order valence-electron chi connectivity index (χ2n) is 4.15.